The van der Waals surface area contributed by atoms with Crippen molar-refractivity contribution in [2.24, 2.45) is 0 Å². The van der Waals surface area contributed by atoms with Gasteiger partial charge in [0.05, 0.1) is 5.69 Å². The van der Waals surface area contributed by atoms with Gasteiger partial charge in [-0.25, -0.2) is 8.78 Å². The molecule has 0 fully saturated rings. The van der Waals surface area contributed by atoms with Gasteiger partial charge in [0, 0.05) is 18.2 Å². The molecule has 102 valence electrons. The van der Waals surface area contributed by atoms with Crippen LogP contribution in [0.1, 0.15) is 11.1 Å². The first-order chi connectivity index (χ1) is 9.46. The lowest BCUT2D eigenvalue weighted by Gasteiger charge is -2.23. The van der Waals surface area contributed by atoms with Gasteiger partial charge in [0.2, 0.25) is 0 Å². The number of aliphatic hydroxyl groups is 1. The van der Waals surface area contributed by atoms with E-state index in [9.17, 15) is 18.7 Å². The molecule has 0 radical (unpaired) electrons. The maximum absolute atomic E-state index is 14.0. The second kappa shape index (κ2) is 4.11. The highest BCUT2D eigenvalue weighted by Gasteiger charge is 2.51. The van der Waals surface area contributed by atoms with Gasteiger partial charge in [0.1, 0.15) is 11.6 Å². The van der Waals surface area contributed by atoms with Crippen molar-refractivity contribution in [3.05, 3.63) is 65.2 Å². The lowest BCUT2D eigenvalue weighted by Crippen LogP contribution is -2.40. The number of hydrogen-bond donors (Lipinski definition) is 1. The largest absolute Gasteiger partial charge is 0.372 e. The van der Waals surface area contributed by atoms with Crippen LogP contribution in [0.25, 0.3) is 0 Å². The molecule has 0 spiro atoms. The fourth-order valence-electron chi connectivity index (χ4n) is 2.57. The van der Waals surface area contributed by atoms with Crippen LogP contribution in [-0.2, 0) is 10.4 Å². The minimum Gasteiger partial charge on any atom is -0.372 e. The Balaban J connectivity index is 2.31. The summed E-state index contributed by atoms with van der Waals surface area (Å²) in [6.07, 6.45) is 0. The van der Waals surface area contributed by atoms with Gasteiger partial charge in [-0.05, 0) is 24.3 Å². The average Bonchev–Trinajstić information content (AvgIpc) is 2.65. The highest BCUT2D eigenvalue weighted by atomic mass is 19.1. The number of hydrogen-bond acceptors (Lipinski definition) is 2. The van der Waals surface area contributed by atoms with E-state index in [1.54, 1.807) is 18.2 Å². The van der Waals surface area contributed by atoms with E-state index in [2.05, 4.69) is 0 Å². The first kappa shape index (κ1) is 12.7. The van der Waals surface area contributed by atoms with Crippen LogP contribution >= 0.6 is 0 Å². The molecule has 1 unspecified atom stereocenters. The third-order valence-electron chi connectivity index (χ3n) is 3.59. The van der Waals surface area contributed by atoms with Crippen LogP contribution in [-0.4, -0.2) is 18.1 Å². The Labute approximate surface area is 114 Å². The molecule has 1 amide bonds. The molecule has 0 saturated heterocycles. The van der Waals surface area contributed by atoms with Gasteiger partial charge in [0.15, 0.2) is 5.60 Å². The van der Waals surface area contributed by atoms with Crippen LogP contribution in [0.5, 0.6) is 0 Å². The van der Waals surface area contributed by atoms with Gasteiger partial charge < -0.3 is 10.0 Å². The minimum absolute atomic E-state index is 0.247. The molecule has 0 aliphatic carbocycles. The third-order valence-corrected chi connectivity index (χ3v) is 3.59. The van der Waals surface area contributed by atoms with E-state index in [-0.39, 0.29) is 11.1 Å². The summed E-state index contributed by atoms with van der Waals surface area (Å²) in [6, 6.07) is 9.20. The zero-order valence-electron chi connectivity index (χ0n) is 10.6. The lowest BCUT2D eigenvalue weighted by atomic mass is 9.87. The quantitative estimate of drug-likeness (QED) is 0.866. The molecule has 1 atom stereocenters. The van der Waals surface area contributed by atoms with Crippen LogP contribution < -0.4 is 4.90 Å². The van der Waals surface area contributed by atoms with Crippen LogP contribution in [0.4, 0.5) is 14.5 Å². The number of halogens is 2. The summed E-state index contributed by atoms with van der Waals surface area (Å²) in [7, 11) is 1.48. The van der Waals surface area contributed by atoms with Crippen molar-refractivity contribution < 1.29 is 18.7 Å². The van der Waals surface area contributed by atoms with Gasteiger partial charge in [0.25, 0.3) is 5.91 Å². The van der Waals surface area contributed by atoms with Crippen molar-refractivity contribution in [3.8, 4) is 0 Å². The minimum atomic E-state index is -2.20. The molecule has 0 saturated carbocycles. The average molecular weight is 275 g/mol. The Morgan fingerprint density at radius 2 is 1.80 bits per heavy atom. The normalized spacial score (nSPS) is 21.2. The summed E-state index contributed by atoms with van der Waals surface area (Å²) >= 11 is 0. The zero-order chi connectivity index (χ0) is 14.5. The molecule has 1 N–H and O–H groups in total. The fraction of sp³-hybridized carbons (Fsp3) is 0.133. The van der Waals surface area contributed by atoms with Crippen LogP contribution in [0.3, 0.4) is 0 Å². The number of para-hydroxylation sites is 1. The van der Waals surface area contributed by atoms with Crippen molar-refractivity contribution in [2.45, 2.75) is 5.60 Å². The summed E-state index contributed by atoms with van der Waals surface area (Å²) in [5.74, 6) is -2.25. The number of amides is 1. The van der Waals surface area contributed by atoms with Gasteiger partial charge in [-0.15, -0.1) is 0 Å². The second-order valence-electron chi connectivity index (χ2n) is 4.72. The number of benzene rings is 2. The molecular weight excluding hydrogens is 264 g/mol. The van der Waals surface area contributed by atoms with E-state index in [4.69, 9.17) is 0 Å². The van der Waals surface area contributed by atoms with Crippen LogP contribution in [0.15, 0.2) is 42.5 Å². The van der Waals surface area contributed by atoms with Gasteiger partial charge in [-0.2, -0.15) is 0 Å². The van der Waals surface area contributed by atoms with Crippen LogP contribution in [0.2, 0.25) is 0 Å². The Morgan fingerprint density at radius 3 is 2.55 bits per heavy atom. The standard InChI is InChI=1S/C15H11F2NO2/c1-18-13-5-3-2-4-10(13)15(20,14(18)19)11-8-9(16)6-7-12(11)17/h2-8,20H,1H3. The van der Waals surface area contributed by atoms with Crippen LogP contribution in [0, 0.1) is 11.6 Å². The van der Waals surface area contributed by atoms with Crippen molar-refractivity contribution in [1.29, 1.82) is 0 Å². The van der Waals surface area contributed by atoms with Gasteiger partial charge in [-0.3, -0.25) is 4.79 Å². The van der Waals surface area contributed by atoms with Crippen molar-refractivity contribution in [1.82, 2.24) is 0 Å². The summed E-state index contributed by atoms with van der Waals surface area (Å²) in [4.78, 5) is 13.6. The number of carbonyl (C=O) groups is 1. The third kappa shape index (κ3) is 1.50. The molecule has 1 heterocycles. The van der Waals surface area contributed by atoms with Crippen molar-refractivity contribution >= 4 is 11.6 Å². The SMILES string of the molecule is CN1C(=O)C(O)(c2cc(F)ccc2F)c2ccccc21. The topological polar surface area (TPSA) is 40.5 Å². The molecule has 20 heavy (non-hydrogen) atoms. The van der Waals surface area contributed by atoms with Crippen molar-refractivity contribution in [3.63, 3.8) is 0 Å². The van der Waals surface area contributed by atoms with E-state index in [1.165, 1.54) is 18.0 Å². The molecule has 0 aromatic heterocycles. The van der Waals surface area contributed by atoms with E-state index in [0.29, 0.717) is 5.69 Å². The first-order valence-electron chi connectivity index (χ1n) is 6.02. The highest BCUT2D eigenvalue weighted by Crippen LogP contribution is 2.44. The number of fused-ring (bicyclic) bond motifs is 1. The fourth-order valence-corrected chi connectivity index (χ4v) is 2.57. The molecular formula is C15H11F2NO2. The Kier molecular flexibility index (Phi) is 2.62. The summed E-state index contributed by atoms with van der Waals surface area (Å²) in [5.41, 5.74) is -1.85. The van der Waals surface area contributed by atoms with Gasteiger partial charge in [-0.1, -0.05) is 18.2 Å². The number of nitrogens with zero attached hydrogens (tertiary/aromatic N) is 1. The molecule has 0 bridgehead atoms. The number of rotatable bonds is 1. The highest BCUT2D eigenvalue weighted by molar-refractivity contribution is 6.08. The Morgan fingerprint density at radius 1 is 1.10 bits per heavy atom. The van der Waals surface area contributed by atoms with E-state index < -0.39 is 23.1 Å². The molecule has 1 aliphatic heterocycles. The molecule has 3 nitrogen and oxygen atoms in total. The molecule has 2 aromatic rings. The smallest absolute Gasteiger partial charge is 0.268 e. The number of anilines is 1. The summed E-state index contributed by atoms with van der Waals surface area (Å²) < 4.78 is 27.3. The monoisotopic (exact) mass is 275 g/mol. The van der Waals surface area contributed by atoms with Gasteiger partial charge >= 0.3 is 0 Å². The maximum Gasteiger partial charge on any atom is 0.268 e. The molecule has 5 heteroatoms. The molecule has 2 aromatic carbocycles. The molecule has 1 aliphatic rings. The Bertz CT molecular complexity index is 717. The predicted octanol–water partition coefficient (Wildman–Crippen LogP) is 2.18. The number of likely N-dealkylation sites (N-methyl/N-ethyl adjacent to an activating group) is 1. The maximum atomic E-state index is 14.0. The second-order valence-corrected chi connectivity index (χ2v) is 4.72. The predicted molar refractivity (Wildman–Crippen MR) is 69.2 cm³/mol. The summed E-state index contributed by atoms with van der Waals surface area (Å²) in [5, 5.41) is 10.8. The van der Waals surface area contributed by atoms with E-state index in [0.717, 1.165) is 18.2 Å². The van der Waals surface area contributed by atoms with E-state index >= 15 is 0 Å². The zero-order valence-corrected chi connectivity index (χ0v) is 10.6. The number of carbonyl (C=O) groups excluding carboxylic acids is 1. The lowest BCUT2D eigenvalue weighted by molar-refractivity contribution is -0.132. The Hall–Kier alpha value is -2.27. The molecule has 3 rings (SSSR count). The van der Waals surface area contributed by atoms with E-state index in [1.807, 2.05) is 0 Å². The summed E-state index contributed by atoms with van der Waals surface area (Å²) in [6.45, 7) is 0. The van der Waals surface area contributed by atoms with Crippen molar-refractivity contribution in [2.75, 3.05) is 11.9 Å². The first-order valence-corrected chi connectivity index (χ1v) is 6.02.